The third-order valence-corrected chi connectivity index (χ3v) is 2.02. The number of rotatable bonds is 3. The highest BCUT2D eigenvalue weighted by atomic mass is 15.4. The standard InChI is InChI=1S/C11H13N5/c1-15(2)7-11-5-3-4-10(11)6-14-16-8-12-13-9-16/h3-9H,1-2H3/b11-7+,14-6+. The fourth-order valence-corrected chi connectivity index (χ4v) is 1.34. The Kier molecular flexibility index (Phi) is 2.95. The van der Waals surface area contributed by atoms with Crippen LogP contribution in [-0.2, 0) is 0 Å². The highest BCUT2D eigenvalue weighted by Crippen LogP contribution is 2.16. The lowest BCUT2D eigenvalue weighted by molar-refractivity contribution is 0.561. The molecule has 1 aromatic rings. The van der Waals surface area contributed by atoms with Crippen molar-refractivity contribution < 1.29 is 0 Å². The molecule has 1 aliphatic rings. The van der Waals surface area contributed by atoms with Gasteiger partial charge in [-0.2, -0.15) is 5.10 Å². The third-order valence-electron chi connectivity index (χ3n) is 2.02. The summed E-state index contributed by atoms with van der Waals surface area (Å²) in [6.07, 6.45) is 13.0. The first kappa shape index (κ1) is 10.4. The number of hydrogen-bond acceptors (Lipinski definition) is 4. The van der Waals surface area contributed by atoms with Gasteiger partial charge in [0.25, 0.3) is 0 Å². The molecule has 0 fully saturated rings. The monoisotopic (exact) mass is 215 g/mol. The van der Waals surface area contributed by atoms with E-state index in [1.54, 1.807) is 23.5 Å². The Morgan fingerprint density at radius 1 is 1.31 bits per heavy atom. The molecule has 0 saturated carbocycles. The minimum atomic E-state index is 1.07. The molecule has 0 atom stereocenters. The molecule has 0 spiro atoms. The van der Waals surface area contributed by atoms with E-state index in [4.69, 9.17) is 0 Å². The van der Waals surface area contributed by atoms with Gasteiger partial charge in [0, 0.05) is 25.9 Å². The summed E-state index contributed by atoms with van der Waals surface area (Å²) in [5, 5.41) is 11.6. The maximum absolute atomic E-state index is 4.20. The van der Waals surface area contributed by atoms with Crippen molar-refractivity contribution in [2.75, 3.05) is 14.1 Å². The first-order valence-corrected chi connectivity index (χ1v) is 4.91. The molecule has 0 aliphatic heterocycles. The zero-order valence-electron chi connectivity index (χ0n) is 9.28. The van der Waals surface area contributed by atoms with Gasteiger partial charge in [0.2, 0.25) is 0 Å². The molecule has 2 rings (SSSR count). The maximum Gasteiger partial charge on any atom is 0.141 e. The number of allylic oxidation sites excluding steroid dienone is 5. The molecule has 0 radical (unpaired) electrons. The van der Waals surface area contributed by atoms with E-state index in [9.17, 15) is 0 Å². The molecule has 16 heavy (non-hydrogen) atoms. The van der Waals surface area contributed by atoms with Crippen LogP contribution in [0.25, 0.3) is 0 Å². The van der Waals surface area contributed by atoms with Crippen LogP contribution in [0, 0.1) is 0 Å². The molecule has 0 amide bonds. The van der Waals surface area contributed by atoms with Gasteiger partial charge in [-0.05, 0) is 5.57 Å². The van der Waals surface area contributed by atoms with Gasteiger partial charge < -0.3 is 4.90 Å². The van der Waals surface area contributed by atoms with Crippen molar-refractivity contribution in [1.29, 1.82) is 0 Å². The highest BCUT2D eigenvalue weighted by molar-refractivity contribution is 5.88. The van der Waals surface area contributed by atoms with E-state index < -0.39 is 0 Å². The summed E-state index contributed by atoms with van der Waals surface area (Å²) in [5.74, 6) is 0. The molecule has 0 unspecified atom stereocenters. The van der Waals surface area contributed by atoms with Crippen LogP contribution in [0.1, 0.15) is 0 Å². The van der Waals surface area contributed by atoms with Crippen molar-refractivity contribution >= 4 is 6.21 Å². The molecule has 1 aromatic heterocycles. The lowest BCUT2D eigenvalue weighted by Gasteiger charge is -2.06. The van der Waals surface area contributed by atoms with E-state index in [1.165, 1.54) is 0 Å². The Hall–Kier alpha value is -2.17. The van der Waals surface area contributed by atoms with Crippen molar-refractivity contribution in [2.24, 2.45) is 5.10 Å². The largest absolute Gasteiger partial charge is 0.383 e. The summed E-state index contributed by atoms with van der Waals surface area (Å²) < 4.78 is 1.56. The van der Waals surface area contributed by atoms with Gasteiger partial charge in [-0.15, -0.1) is 10.2 Å². The molecule has 1 heterocycles. The Bertz CT molecular complexity index is 463. The second-order valence-electron chi connectivity index (χ2n) is 3.62. The lowest BCUT2D eigenvalue weighted by atomic mass is 10.2. The summed E-state index contributed by atoms with van der Waals surface area (Å²) in [6, 6.07) is 0. The van der Waals surface area contributed by atoms with Crippen molar-refractivity contribution in [3.8, 4) is 0 Å². The average Bonchev–Trinajstić information content (AvgIpc) is 2.84. The van der Waals surface area contributed by atoms with Crippen LogP contribution in [0.5, 0.6) is 0 Å². The zero-order chi connectivity index (χ0) is 11.4. The SMILES string of the molecule is CN(C)/C=C1\C=CC=C1/C=N/n1cnnc1. The first-order chi connectivity index (χ1) is 7.75. The van der Waals surface area contributed by atoms with E-state index >= 15 is 0 Å². The van der Waals surface area contributed by atoms with Gasteiger partial charge in [0.05, 0.1) is 6.21 Å². The van der Waals surface area contributed by atoms with Gasteiger partial charge in [-0.25, -0.2) is 4.68 Å². The van der Waals surface area contributed by atoms with Crippen molar-refractivity contribution in [1.82, 2.24) is 19.8 Å². The Labute approximate surface area is 94.1 Å². The van der Waals surface area contributed by atoms with Crippen LogP contribution in [0.15, 0.2) is 53.3 Å². The zero-order valence-corrected chi connectivity index (χ0v) is 9.28. The molecular weight excluding hydrogens is 202 g/mol. The van der Waals surface area contributed by atoms with Crippen LogP contribution in [-0.4, -0.2) is 40.1 Å². The molecule has 0 bridgehead atoms. The van der Waals surface area contributed by atoms with Gasteiger partial charge in [0.15, 0.2) is 0 Å². The van der Waals surface area contributed by atoms with Gasteiger partial charge in [-0.3, -0.25) is 0 Å². The third kappa shape index (κ3) is 2.44. The molecule has 82 valence electrons. The minimum absolute atomic E-state index is 1.07. The van der Waals surface area contributed by atoms with Gasteiger partial charge in [0.1, 0.15) is 12.7 Å². The minimum Gasteiger partial charge on any atom is -0.383 e. The van der Waals surface area contributed by atoms with E-state index in [0.717, 1.165) is 11.1 Å². The highest BCUT2D eigenvalue weighted by Gasteiger charge is 2.04. The predicted octanol–water partition coefficient (Wildman–Crippen LogP) is 1.05. The smallest absolute Gasteiger partial charge is 0.141 e. The Balaban J connectivity index is 2.12. The first-order valence-electron chi connectivity index (χ1n) is 4.91. The number of hydrogen-bond donors (Lipinski definition) is 0. The molecule has 5 heteroatoms. The van der Waals surface area contributed by atoms with Gasteiger partial charge >= 0.3 is 0 Å². The molecule has 0 aromatic carbocycles. The molecule has 1 aliphatic carbocycles. The van der Waals surface area contributed by atoms with E-state index in [1.807, 2.05) is 43.4 Å². The lowest BCUT2D eigenvalue weighted by Crippen LogP contribution is -2.03. The van der Waals surface area contributed by atoms with Crippen LogP contribution in [0.2, 0.25) is 0 Å². The van der Waals surface area contributed by atoms with Crippen molar-refractivity contribution in [2.45, 2.75) is 0 Å². The Morgan fingerprint density at radius 2 is 2.06 bits per heavy atom. The fourth-order valence-electron chi connectivity index (χ4n) is 1.34. The molecule has 5 nitrogen and oxygen atoms in total. The number of nitrogens with zero attached hydrogens (tertiary/aromatic N) is 5. The number of aromatic nitrogens is 3. The normalized spacial score (nSPS) is 17.4. The maximum atomic E-state index is 4.20. The fraction of sp³-hybridized carbons (Fsp3) is 0.182. The van der Waals surface area contributed by atoms with Crippen molar-refractivity contribution in [3.05, 3.63) is 48.2 Å². The summed E-state index contributed by atoms with van der Waals surface area (Å²) in [4.78, 5) is 2.01. The Morgan fingerprint density at radius 3 is 2.75 bits per heavy atom. The van der Waals surface area contributed by atoms with Crippen molar-refractivity contribution in [3.63, 3.8) is 0 Å². The van der Waals surface area contributed by atoms with Crippen LogP contribution in [0.4, 0.5) is 0 Å². The summed E-state index contributed by atoms with van der Waals surface area (Å²) >= 11 is 0. The molecule has 0 saturated heterocycles. The van der Waals surface area contributed by atoms with E-state index in [0.29, 0.717) is 0 Å². The van der Waals surface area contributed by atoms with Gasteiger partial charge in [-0.1, -0.05) is 18.2 Å². The summed E-state index contributed by atoms with van der Waals surface area (Å²) in [6.45, 7) is 0. The van der Waals surface area contributed by atoms with Crippen LogP contribution < -0.4 is 0 Å². The molecule has 0 N–H and O–H groups in total. The van der Waals surface area contributed by atoms with Crippen LogP contribution in [0.3, 0.4) is 0 Å². The van der Waals surface area contributed by atoms with E-state index in [-0.39, 0.29) is 0 Å². The quantitative estimate of drug-likeness (QED) is 0.708. The predicted molar refractivity (Wildman–Crippen MR) is 62.9 cm³/mol. The van der Waals surface area contributed by atoms with Crippen LogP contribution >= 0.6 is 0 Å². The summed E-state index contributed by atoms with van der Waals surface area (Å²) in [7, 11) is 3.99. The second-order valence-corrected chi connectivity index (χ2v) is 3.62. The average molecular weight is 215 g/mol. The summed E-state index contributed by atoms with van der Waals surface area (Å²) in [5.41, 5.74) is 2.21. The topological polar surface area (TPSA) is 46.3 Å². The van der Waals surface area contributed by atoms with E-state index in [2.05, 4.69) is 15.3 Å². The molecular formula is C11H13N5. The second kappa shape index (κ2) is 4.57.